The van der Waals surface area contributed by atoms with Crippen LogP contribution in [0, 0.1) is 0 Å². The SMILES string of the molecule is CCOCCCn1c(SCc2cc(Cl)c3c(c2)OCCO3)nc2ccccc2c1=O. The van der Waals surface area contributed by atoms with Crippen molar-refractivity contribution in [3.8, 4) is 11.5 Å². The van der Waals surface area contributed by atoms with Gasteiger partial charge in [0.15, 0.2) is 16.7 Å². The van der Waals surface area contributed by atoms with Gasteiger partial charge in [-0.1, -0.05) is 35.5 Å². The molecule has 6 nitrogen and oxygen atoms in total. The molecule has 158 valence electrons. The normalized spacial score (nSPS) is 13.0. The number of aromatic nitrogens is 2. The Bertz CT molecular complexity index is 1100. The predicted molar refractivity (Wildman–Crippen MR) is 119 cm³/mol. The lowest BCUT2D eigenvalue weighted by molar-refractivity contribution is 0.140. The maximum Gasteiger partial charge on any atom is 0.262 e. The van der Waals surface area contributed by atoms with Gasteiger partial charge in [-0.2, -0.15) is 0 Å². The molecule has 0 unspecified atom stereocenters. The van der Waals surface area contributed by atoms with Gasteiger partial charge in [0.25, 0.3) is 5.56 Å². The summed E-state index contributed by atoms with van der Waals surface area (Å²) in [7, 11) is 0. The summed E-state index contributed by atoms with van der Waals surface area (Å²) in [6.45, 7) is 4.79. The van der Waals surface area contributed by atoms with Crippen LogP contribution in [0.4, 0.5) is 0 Å². The Morgan fingerprint density at radius 2 is 2.07 bits per heavy atom. The summed E-state index contributed by atoms with van der Waals surface area (Å²) >= 11 is 7.87. The number of ether oxygens (including phenoxy) is 3. The van der Waals surface area contributed by atoms with Crippen LogP contribution in [-0.2, 0) is 17.0 Å². The van der Waals surface area contributed by atoms with Crippen molar-refractivity contribution in [2.75, 3.05) is 26.4 Å². The standard InChI is InChI=1S/C22H23ClN2O4S/c1-2-27-9-5-8-25-21(26)16-6-3-4-7-18(16)24-22(25)30-14-15-12-17(23)20-19(13-15)28-10-11-29-20/h3-4,6-7,12-13H,2,5,8-11,14H2,1H3. The van der Waals surface area contributed by atoms with Gasteiger partial charge in [0, 0.05) is 25.5 Å². The van der Waals surface area contributed by atoms with Gasteiger partial charge in [0.1, 0.15) is 13.2 Å². The highest BCUT2D eigenvalue weighted by molar-refractivity contribution is 7.98. The number of para-hydroxylation sites is 1. The number of thioether (sulfide) groups is 1. The maximum absolute atomic E-state index is 13.1. The molecule has 8 heteroatoms. The molecule has 0 radical (unpaired) electrons. The number of halogens is 1. The Morgan fingerprint density at radius 3 is 2.93 bits per heavy atom. The largest absolute Gasteiger partial charge is 0.486 e. The van der Waals surface area contributed by atoms with E-state index < -0.39 is 0 Å². The van der Waals surface area contributed by atoms with Crippen molar-refractivity contribution in [3.63, 3.8) is 0 Å². The van der Waals surface area contributed by atoms with Crippen molar-refractivity contribution in [2.24, 2.45) is 0 Å². The van der Waals surface area contributed by atoms with Crippen molar-refractivity contribution in [1.82, 2.24) is 9.55 Å². The van der Waals surface area contributed by atoms with Gasteiger partial charge in [-0.25, -0.2) is 4.98 Å². The third-order valence-corrected chi connectivity index (χ3v) is 6.05. The van der Waals surface area contributed by atoms with E-state index in [0.717, 1.165) is 12.0 Å². The van der Waals surface area contributed by atoms with Crippen molar-refractivity contribution < 1.29 is 14.2 Å². The number of benzene rings is 2. The number of rotatable bonds is 8. The Hall–Kier alpha value is -2.22. The fourth-order valence-corrected chi connectivity index (χ4v) is 4.56. The average molecular weight is 447 g/mol. The van der Waals surface area contributed by atoms with Gasteiger partial charge in [-0.3, -0.25) is 9.36 Å². The van der Waals surface area contributed by atoms with Crippen LogP contribution in [0.25, 0.3) is 10.9 Å². The van der Waals surface area contributed by atoms with E-state index in [-0.39, 0.29) is 5.56 Å². The summed E-state index contributed by atoms with van der Waals surface area (Å²) in [5.41, 5.74) is 1.66. The molecule has 0 saturated carbocycles. The van der Waals surface area contributed by atoms with Crippen LogP contribution in [0.15, 0.2) is 46.3 Å². The Morgan fingerprint density at radius 1 is 1.23 bits per heavy atom. The smallest absolute Gasteiger partial charge is 0.262 e. The Kier molecular flexibility index (Phi) is 6.82. The molecule has 2 heterocycles. The highest BCUT2D eigenvalue weighted by Crippen LogP contribution is 2.39. The maximum atomic E-state index is 13.1. The molecular weight excluding hydrogens is 424 g/mol. The summed E-state index contributed by atoms with van der Waals surface area (Å²) in [5, 5.41) is 1.84. The molecule has 30 heavy (non-hydrogen) atoms. The summed E-state index contributed by atoms with van der Waals surface area (Å²) in [5.74, 6) is 1.85. The van der Waals surface area contributed by atoms with Gasteiger partial charge in [-0.15, -0.1) is 0 Å². The molecule has 0 aliphatic carbocycles. The third kappa shape index (κ3) is 4.58. The van der Waals surface area contributed by atoms with Crippen molar-refractivity contribution in [2.45, 2.75) is 30.8 Å². The molecular formula is C22H23ClN2O4S. The van der Waals surface area contributed by atoms with Gasteiger partial charge >= 0.3 is 0 Å². The molecule has 0 saturated heterocycles. The topological polar surface area (TPSA) is 62.6 Å². The lowest BCUT2D eigenvalue weighted by Crippen LogP contribution is -2.24. The average Bonchev–Trinajstić information content (AvgIpc) is 2.77. The van der Waals surface area contributed by atoms with Crippen LogP contribution in [0.5, 0.6) is 11.5 Å². The van der Waals surface area contributed by atoms with Crippen molar-refractivity contribution in [1.29, 1.82) is 0 Å². The van der Waals surface area contributed by atoms with Crippen molar-refractivity contribution in [3.05, 3.63) is 57.3 Å². The van der Waals surface area contributed by atoms with E-state index in [1.165, 1.54) is 11.8 Å². The Labute approximate surface area is 184 Å². The minimum Gasteiger partial charge on any atom is -0.486 e. The summed E-state index contributed by atoms with van der Waals surface area (Å²) in [4.78, 5) is 17.8. The molecule has 2 aromatic carbocycles. The van der Waals surface area contributed by atoms with Crippen molar-refractivity contribution >= 4 is 34.3 Å². The van der Waals surface area contributed by atoms with E-state index in [4.69, 9.17) is 30.8 Å². The second-order valence-corrected chi connectivity index (χ2v) is 8.16. The highest BCUT2D eigenvalue weighted by atomic mass is 35.5. The molecule has 0 amide bonds. The second kappa shape index (κ2) is 9.73. The lowest BCUT2D eigenvalue weighted by Gasteiger charge is -2.20. The minimum atomic E-state index is -0.0280. The predicted octanol–water partition coefficient (Wildman–Crippen LogP) is 4.54. The number of hydrogen-bond acceptors (Lipinski definition) is 6. The monoisotopic (exact) mass is 446 g/mol. The summed E-state index contributed by atoms with van der Waals surface area (Å²) < 4.78 is 18.4. The first kappa shape index (κ1) is 21.0. The van der Waals surface area contributed by atoms with Gasteiger partial charge < -0.3 is 14.2 Å². The molecule has 1 aliphatic heterocycles. The zero-order valence-electron chi connectivity index (χ0n) is 16.7. The Balaban J connectivity index is 1.61. The molecule has 0 bridgehead atoms. The number of nitrogens with zero attached hydrogens (tertiary/aromatic N) is 2. The van der Waals surface area contributed by atoms with Crippen LogP contribution in [-0.4, -0.2) is 36.0 Å². The molecule has 1 aromatic heterocycles. The second-order valence-electron chi connectivity index (χ2n) is 6.81. The van der Waals surface area contributed by atoms with Gasteiger partial charge in [-0.05, 0) is 43.2 Å². The van der Waals surface area contributed by atoms with E-state index in [9.17, 15) is 4.79 Å². The third-order valence-electron chi connectivity index (χ3n) is 4.73. The molecule has 4 rings (SSSR count). The summed E-state index contributed by atoms with van der Waals surface area (Å²) in [6.07, 6.45) is 0.747. The van der Waals surface area contributed by atoms with Gasteiger partial charge in [0.2, 0.25) is 0 Å². The van der Waals surface area contributed by atoms with Crippen LogP contribution in [0.2, 0.25) is 5.02 Å². The zero-order valence-corrected chi connectivity index (χ0v) is 18.3. The minimum absolute atomic E-state index is 0.0280. The first-order valence-corrected chi connectivity index (χ1v) is 11.3. The fraction of sp³-hybridized carbons (Fsp3) is 0.364. The van der Waals surface area contributed by atoms with Crippen LogP contribution in [0.3, 0.4) is 0 Å². The molecule has 1 aliphatic rings. The quantitative estimate of drug-likeness (QED) is 0.287. The van der Waals surface area contributed by atoms with Gasteiger partial charge in [0.05, 0.1) is 15.9 Å². The van der Waals surface area contributed by atoms with E-state index in [1.54, 1.807) is 4.57 Å². The molecule has 0 N–H and O–H groups in total. The molecule has 0 spiro atoms. The van der Waals surface area contributed by atoms with E-state index >= 15 is 0 Å². The van der Waals surface area contributed by atoms with E-state index in [2.05, 4.69) is 0 Å². The van der Waals surface area contributed by atoms with E-state index in [1.807, 2.05) is 43.3 Å². The van der Waals surface area contributed by atoms with E-state index in [0.29, 0.717) is 71.3 Å². The molecule has 0 fully saturated rings. The van der Waals surface area contributed by atoms with Crippen LogP contribution in [0.1, 0.15) is 18.9 Å². The number of fused-ring (bicyclic) bond motifs is 2. The van der Waals surface area contributed by atoms with Crippen LogP contribution < -0.4 is 15.0 Å². The summed E-state index contributed by atoms with van der Waals surface area (Å²) in [6, 6.07) is 11.3. The number of hydrogen-bond donors (Lipinski definition) is 0. The fourth-order valence-electron chi connectivity index (χ4n) is 3.32. The first-order chi connectivity index (χ1) is 14.7. The first-order valence-electron chi connectivity index (χ1n) is 9.95. The zero-order chi connectivity index (χ0) is 20.9. The molecule has 3 aromatic rings. The highest BCUT2D eigenvalue weighted by Gasteiger charge is 2.18. The van der Waals surface area contributed by atoms with Crippen LogP contribution >= 0.6 is 23.4 Å². The molecule has 0 atom stereocenters. The lowest BCUT2D eigenvalue weighted by atomic mass is 10.2.